The van der Waals surface area contributed by atoms with E-state index in [9.17, 15) is 15.2 Å². The molecule has 0 amide bonds. The highest BCUT2D eigenvalue weighted by molar-refractivity contribution is 5.35. The van der Waals surface area contributed by atoms with Crippen LogP contribution in [0.2, 0.25) is 0 Å². The van der Waals surface area contributed by atoms with Gasteiger partial charge in [-0.25, -0.2) is 0 Å². The second-order valence-corrected chi connectivity index (χ2v) is 5.71. The second kappa shape index (κ2) is 9.00. The average Bonchev–Trinajstić information content (AvgIpc) is 2.59. The van der Waals surface area contributed by atoms with E-state index in [1.165, 1.54) is 29.8 Å². The van der Waals surface area contributed by atoms with Crippen molar-refractivity contribution in [3.05, 3.63) is 70.3 Å². The Morgan fingerprint density at radius 3 is 2.46 bits per heavy atom. The molecule has 1 atom stereocenters. The van der Waals surface area contributed by atoms with E-state index in [1.54, 1.807) is 0 Å². The number of hydrogen-bond acceptors (Lipinski definition) is 5. The van der Waals surface area contributed by atoms with E-state index in [0.29, 0.717) is 12.3 Å². The topological polar surface area (TPSA) is 75.8 Å². The van der Waals surface area contributed by atoms with E-state index in [0.717, 1.165) is 13.0 Å². The molecule has 128 valence electrons. The highest BCUT2D eigenvalue weighted by atomic mass is 16.6. The van der Waals surface area contributed by atoms with Gasteiger partial charge in [-0.05, 0) is 31.2 Å². The Balaban J connectivity index is 1.70. The van der Waals surface area contributed by atoms with Gasteiger partial charge in [-0.1, -0.05) is 30.3 Å². The van der Waals surface area contributed by atoms with Crippen molar-refractivity contribution >= 4 is 5.69 Å². The van der Waals surface area contributed by atoms with Crippen molar-refractivity contribution in [2.24, 2.45) is 0 Å². The molecule has 0 spiro atoms. The first-order chi connectivity index (χ1) is 11.5. The molecule has 1 unspecified atom stereocenters. The number of nitrogens with zero attached hydrogens (tertiary/aromatic N) is 2. The van der Waals surface area contributed by atoms with Gasteiger partial charge in [-0.15, -0.1) is 0 Å². The highest BCUT2D eigenvalue weighted by Gasteiger charge is 2.10. The summed E-state index contributed by atoms with van der Waals surface area (Å²) in [4.78, 5) is 12.2. The normalized spacial score (nSPS) is 12.1. The fourth-order valence-corrected chi connectivity index (χ4v) is 2.32. The molecule has 2 aromatic carbocycles. The van der Waals surface area contributed by atoms with Crippen LogP contribution in [-0.2, 0) is 6.42 Å². The lowest BCUT2D eigenvalue weighted by Crippen LogP contribution is -2.34. The van der Waals surface area contributed by atoms with Gasteiger partial charge in [0.05, 0.1) is 4.92 Å². The molecule has 6 heteroatoms. The maximum Gasteiger partial charge on any atom is 0.269 e. The first-order valence-electron chi connectivity index (χ1n) is 7.82. The predicted molar refractivity (Wildman–Crippen MR) is 92.2 cm³/mol. The van der Waals surface area contributed by atoms with Crippen LogP contribution in [0.1, 0.15) is 5.56 Å². The molecule has 0 aliphatic heterocycles. The summed E-state index contributed by atoms with van der Waals surface area (Å²) in [5.41, 5.74) is 1.28. The number of nitro benzene ring substituents is 1. The molecule has 24 heavy (non-hydrogen) atoms. The summed E-state index contributed by atoms with van der Waals surface area (Å²) in [6.07, 6.45) is 0.300. The molecule has 0 aromatic heterocycles. The Labute approximate surface area is 141 Å². The van der Waals surface area contributed by atoms with Gasteiger partial charge in [-0.2, -0.15) is 0 Å². The molecule has 0 aliphatic rings. The van der Waals surface area contributed by atoms with Gasteiger partial charge in [0.2, 0.25) is 0 Å². The molecule has 0 heterocycles. The van der Waals surface area contributed by atoms with Crippen molar-refractivity contribution in [3.8, 4) is 5.75 Å². The van der Waals surface area contributed by atoms with Crippen LogP contribution < -0.4 is 4.74 Å². The summed E-state index contributed by atoms with van der Waals surface area (Å²) in [7, 11) is 1.96. The van der Waals surface area contributed by atoms with E-state index in [1.807, 2.05) is 25.2 Å². The number of benzene rings is 2. The number of likely N-dealkylation sites (N-methyl/N-ethyl adjacent to an activating group) is 1. The van der Waals surface area contributed by atoms with Crippen LogP contribution in [0.3, 0.4) is 0 Å². The molecule has 6 nitrogen and oxygen atoms in total. The van der Waals surface area contributed by atoms with Gasteiger partial charge in [0.25, 0.3) is 5.69 Å². The van der Waals surface area contributed by atoms with Crippen LogP contribution in [0.5, 0.6) is 5.75 Å². The number of hydrogen-bond donors (Lipinski definition) is 1. The second-order valence-electron chi connectivity index (χ2n) is 5.71. The number of aliphatic hydroxyl groups is 1. The van der Waals surface area contributed by atoms with Gasteiger partial charge in [0, 0.05) is 25.2 Å². The molecule has 2 aromatic rings. The van der Waals surface area contributed by atoms with Gasteiger partial charge in [0.1, 0.15) is 18.5 Å². The molecule has 0 radical (unpaired) electrons. The van der Waals surface area contributed by atoms with Crippen LogP contribution >= 0.6 is 0 Å². The lowest BCUT2D eigenvalue weighted by Gasteiger charge is -2.20. The number of aliphatic hydroxyl groups excluding tert-OH is 1. The summed E-state index contributed by atoms with van der Waals surface area (Å²) in [5, 5.41) is 20.6. The zero-order chi connectivity index (χ0) is 17.4. The number of non-ortho nitro benzene ring substituents is 1. The van der Waals surface area contributed by atoms with Crippen LogP contribution in [0, 0.1) is 10.1 Å². The SMILES string of the molecule is CN(CCc1ccccc1)CC(O)COc1ccc([N+](=O)[O-])cc1. The summed E-state index contributed by atoms with van der Waals surface area (Å²) in [5.74, 6) is 0.506. The minimum absolute atomic E-state index is 0.0172. The van der Waals surface area contributed by atoms with Crippen LogP contribution in [0.25, 0.3) is 0 Å². The fourth-order valence-electron chi connectivity index (χ4n) is 2.32. The largest absolute Gasteiger partial charge is 0.491 e. The van der Waals surface area contributed by atoms with Gasteiger partial charge in [-0.3, -0.25) is 10.1 Å². The predicted octanol–water partition coefficient (Wildman–Crippen LogP) is 2.51. The number of ether oxygens (including phenoxy) is 1. The Kier molecular flexibility index (Phi) is 6.72. The summed E-state index contributed by atoms with van der Waals surface area (Å²) in [6, 6.07) is 16.0. The summed E-state index contributed by atoms with van der Waals surface area (Å²) in [6.45, 7) is 1.49. The molecule has 0 fully saturated rings. The number of nitro groups is 1. The molecular formula is C18H22N2O4. The lowest BCUT2D eigenvalue weighted by molar-refractivity contribution is -0.384. The van der Waals surface area contributed by atoms with Crippen molar-refractivity contribution in [2.75, 3.05) is 26.7 Å². The van der Waals surface area contributed by atoms with E-state index in [4.69, 9.17) is 4.74 Å². The summed E-state index contributed by atoms with van der Waals surface area (Å²) < 4.78 is 5.47. The molecule has 0 saturated carbocycles. The van der Waals surface area contributed by atoms with Crippen molar-refractivity contribution < 1.29 is 14.8 Å². The minimum Gasteiger partial charge on any atom is -0.491 e. The first-order valence-corrected chi connectivity index (χ1v) is 7.82. The highest BCUT2D eigenvalue weighted by Crippen LogP contribution is 2.17. The fraction of sp³-hybridized carbons (Fsp3) is 0.333. The van der Waals surface area contributed by atoms with Crippen molar-refractivity contribution in [1.29, 1.82) is 0 Å². The quantitative estimate of drug-likeness (QED) is 0.565. The Morgan fingerprint density at radius 2 is 1.83 bits per heavy atom. The van der Waals surface area contributed by atoms with Crippen LogP contribution in [0.15, 0.2) is 54.6 Å². The van der Waals surface area contributed by atoms with E-state index in [2.05, 4.69) is 17.0 Å². The molecule has 0 aliphatic carbocycles. The van der Waals surface area contributed by atoms with Crippen molar-refractivity contribution in [2.45, 2.75) is 12.5 Å². The lowest BCUT2D eigenvalue weighted by atomic mass is 10.1. The third-order valence-corrected chi connectivity index (χ3v) is 3.64. The standard InChI is InChI=1S/C18H22N2O4/c1-19(12-11-15-5-3-2-4-6-15)13-17(21)14-24-18-9-7-16(8-10-18)20(22)23/h2-10,17,21H,11-14H2,1H3. The summed E-state index contributed by atoms with van der Waals surface area (Å²) >= 11 is 0. The zero-order valence-corrected chi connectivity index (χ0v) is 13.7. The molecule has 0 saturated heterocycles. The molecular weight excluding hydrogens is 308 g/mol. The third kappa shape index (κ3) is 5.98. The Morgan fingerprint density at radius 1 is 1.17 bits per heavy atom. The maximum absolute atomic E-state index is 10.6. The Bertz CT molecular complexity index is 631. The van der Waals surface area contributed by atoms with E-state index < -0.39 is 11.0 Å². The maximum atomic E-state index is 10.6. The average molecular weight is 330 g/mol. The van der Waals surface area contributed by atoms with Gasteiger partial charge >= 0.3 is 0 Å². The Hall–Kier alpha value is -2.44. The van der Waals surface area contributed by atoms with Crippen LogP contribution in [-0.4, -0.2) is 47.8 Å². The first kappa shape index (κ1) is 17.9. The zero-order valence-electron chi connectivity index (χ0n) is 13.7. The van der Waals surface area contributed by atoms with E-state index in [-0.39, 0.29) is 12.3 Å². The van der Waals surface area contributed by atoms with Crippen molar-refractivity contribution in [1.82, 2.24) is 4.90 Å². The number of rotatable bonds is 9. The van der Waals surface area contributed by atoms with E-state index >= 15 is 0 Å². The molecule has 1 N–H and O–H groups in total. The minimum atomic E-state index is -0.624. The van der Waals surface area contributed by atoms with Crippen LogP contribution in [0.4, 0.5) is 5.69 Å². The van der Waals surface area contributed by atoms with Crippen molar-refractivity contribution in [3.63, 3.8) is 0 Å². The molecule has 2 rings (SSSR count). The van der Waals surface area contributed by atoms with Gasteiger partial charge < -0.3 is 14.7 Å². The third-order valence-electron chi connectivity index (χ3n) is 3.64. The monoisotopic (exact) mass is 330 g/mol. The molecule has 0 bridgehead atoms. The van der Waals surface area contributed by atoms with Gasteiger partial charge in [0.15, 0.2) is 0 Å². The smallest absolute Gasteiger partial charge is 0.269 e.